The van der Waals surface area contributed by atoms with Crippen LogP contribution < -0.4 is 5.73 Å². The van der Waals surface area contributed by atoms with Gasteiger partial charge in [0, 0.05) is 0 Å². The molecule has 107 valence electrons. The number of nitrogen functional groups attached to an aromatic ring is 1. The van der Waals surface area contributed by atoms with Gasteiger partial charge in [-0.3, -0.25) is 4.57 Å². The molecule has 4 unspecified atom stereocenters. The molecule has 1 radical (unpaired) electrons. The van der Waals surface area contributed by atoms with Crippen LogP contribution in [0.3, 0.4) is 0 Å². The summed E-state index contributed by atoms with van der Waals surface area (Å²) in [5.74, 6) is -0.153. The molecule has 1 fully saturated rings. The van der Waals surface area contributed by atoms with Crippen molar-refractivity contribution in [3.63, 3.8) is 0 Å². The highest BCUT2D eigenvalue weighted by Gasteiger charge is 2.44. The van der Waals surface area contributed by atoms with E-state index in [0.717, 1.165) is 0 Å². The Morgan fingerprint density at radius 1 is 1.40 bits per heavy atom. The van der Waals surface area contributed by atoms with E-state index in [1.165, 1.54) is 10.9 Å². The highest BCUT2D eigenvalue weighted by molar-refractivity contribution is 5.81. The Kier molecular flexibility index (Phi) is 3.01. The molecule has 2 aromatic rings. The fourth-order valence-corrected chi connectivity index (χ4v) is 2.19. The predicted molar refractivity (Wildman–Crippen MR) is 61.2 cm³/mol. The lowest BCUT2D eigenvalue weighted by atomic mass is 10.1. The Hall–Kier alpha value is -1.88. The topological polar surface area (TPSA) is 139 Å². The monoisotopic (exact) mass is 284 g/mol. The van der Waals surface area contributed by atoms with E-state index in [1.807, 2.05) is 0 Å². The van der Waals surface area contributed by atoms with Gasteiger partial charge in [0.15, 0.2) is 23.2 Å². The first-order chi connectivity index (χ1) is 9.52. The van der Waals surface area contributed by atoms with E-state index in [0.29, 0.717) is 0 Å². The first kappa shape index (κ1) is 13.1. The van der Waals surface area contributed by atoms with Gasteiger partial charge in [0.25, 0.3) is 0 Å². The summed E-state index contributed by atoms with van der Waals surface area (Å²) in [5, 5.41) is 30.4. The van der Waals surface area contributed by atoms with Crippen molar-refractivity contribution in [1.29, 1.82) is 0 Å². The van der Waals surface area contributed by atoms with Crippen molar-refractivity contribution in [3.8, 4) is 0 Å². The van der Waals surface area contributed by atoms with Gasteiger partial charge in [0.05, 0.1) is 6.33 Å². The molecular formula is C10H11FN5O4. The number of hydrogen-bond acceptors (Lipinski definition) is 7. The van der Waals surface area contributed by atoms with Crippen LogP contribution in [0.15, 0.2) is 6.33 Å². The molecule has 9 nitrogen and oxygen atoms in total. The molecule has 0 saturated carbocycles. The van der Waals surface area contributed by atoms with Gasteiger partial charge in [-0.1, -0.05) is 0 Å². The molecule has 3 rings (SSSR count). The number of nitrogens with zero attached hydrogens (tertiary/aromatic N) is 4. The maximum atomic E-state index is 13.2. The third kappa shape index (κ3) is 1.81. The molecule has 20 heavy (non-hydrogen) atoms. The quantitative estimate of drug-likeness (QED) is 0.576. The summed E-state index contributed by atoms with van der Waals surface area (Å²) in [6, 6.07) is 0. The Bertz CT molecular complexity index is 650. The minimum absolute atomic E-state index is 0.0119. The average Bonchev–Trinajstić information content (AvgIpc) is 2.93. The summed E-state index contributed by atoms with van der Waals surface area (Å²) >= 11 is 0. The van der Waals surface area contributed by atoms with Crippen LogP contribution in [0, 0.1) is 6.08 Å². The Morgan fingerprint density at radius 2 is 2.15 bits per heavy atom. The zero-order chi connectivity index (χ0) is 14.4. The molecule has 1 saturated heterocycles. The van der Waals surface area contributed by atoms with Gasteiger partial charge in [0.2, 0.25) is 0 Å². The molecule has 10 heteroatoms. The maximum absolute atomic E-state index is 13.2. The van der Waals surface area contributed by atoms with Gasteiger partial charge in [-0.05, 0) is 0 Å². The number of rotatable bonds is 2. The number of aromatic nitrogens is 4. The number of nitrogens with two attached hydrogens (primary N) is 1. The summed E-state index contributed by atoms with van der Waals surface area (Å²) in [5.41, 5.74) is 5.67. The lowest BCUT2D eigenvalue weighted by Gasteiger charge is -2.16. The van der Waals surface area contributed by atoms with Crippen LogP contribution >= 0.6 is 0 Å². The van der Waals surface area contributed by atoms with E-state index in [1.54, 1.807) is 0 Å². The van der Waals surface area contributed by atoms with Gasteiger partial charge >= 0.3 is 6.08 Å². The first-order valence-corrected chi connectivity index (χ1v) is 5.78. The zero-order valence-electron chi connectivity index (χ0n) is 10.0. The van der Waals surface area contributed by atoms with Crippen molar-refractivity contribution in [3.05, 3.63) is 12.4 Å². The minimum Gasteiger partial charge on any atom is -0.387 e. The van der Waals surface area contributed by atoms with E-state index >= 15 is 0 Å². The molecular weight excluding hydrogens is 273 g/mol. The van der Waals surface area contributed by atoms with Crippen LogP contribution in [-0.4, -0.2) is 54.7 Å². The van der Waals surface area contributed by atoms with Crippen LogP contribution in [0.25, 0.3) is 11.2 Å². The van der Waals surface area contributed by atoms with E-state index < -0.39 is 37.2 Å². The number of halogens is 1. The number of ether oxygens (including phenoxy) is 1. The van der Waals surface area contributed by atoms with E-state index in [4.69, 9.17) is 10.5 Å². The standard InChI is InChI=1S/C10H11FN5O4/c11-10-14-7(12)4-8(15-10)16(2-13-4)9-6(19)5(18)3(1-17)20-9/h2-3,5-6,9,18-19H,1H2,(H2,12,14,15). The van der Waals surface area contributed by atoms with Crippen molar-refractivity contribution in [2.75, 3.05) is 12.3 Å². The van der Waals surface area contributed by atoms with E-state index in [9.17, 15) is 19.7 Å². The second-order valence-electron chi connectivity index (χ2n) is 4.41. The lowest BCUT2D eigenvalue weighted by molar-refractivity contribution is -0.0623. The summed E-state index contributed by atoms with van der Waals surface area (Å²) < 4.78 is 19.7. The van der Waals surface area contributed by atoms with Gasteiger partial charge in [-0.2, -0.15) is 14.4 Å². The molecule has 4 atom stereocenters. The second kappa shape index (κ2) is 4.59. The molecule has 4 N–H and O–H groups in total. The van der Waals surface area contributed by atoms with E-state index in [-0.39, 0.29) is 17.0 Å². The average molecular weight is 284 g/mol. The van der Waals surface area contributed by atoms with Gasteiger partial charge < -0.3 is 20.7 Å². The minimum atomic E-state index is -1.36. The van der Waals surface area contributed by atoms with Crippen LogP contribution in [0.1, 0.15) is 6.23 Å². The number of aliphatic hydroxyl groups is 2. The van der Waals surface area contributed by atoms with Crippen LogP contribution in [-0.2, 0) is 9.84 Å². The third-order valence-electron chi connectivity index (χ3n) is 3.20. The molecule has 0 bridgehead atoms. The highest BCUT2D eigenvalue weighted by atomic mass is 19.1. The Balaban J connectivity index is 2.07. The highest BCUT2D eigenvalue weighted by Crippen LogP contribution is 2.31. The van der Waals surface area contributed by atoms with Crippen molar-refractivity contribution < 1.29 is 24.4 Å². The molecule has 2 aromatic heterocycles. The first-order valence-electron chi connectivity index (χ1n) is 5.78. The largest absolute Gasteiger partial charge is 0.387 e. The lowest BCUT2D eigenvalue weighted by Crippen LogP contribution is -2.32. The number of hydrogen-bond donors (Lipinski definition) is 3. The smallest absolute Gasteiger partial charge is 0.312 e. The maximum Gasteiger partial charge on any atom is 0.312 e. The fourth-order valence-electron chi connectivity index (χ4n) is 2.19. The zero-order valence-corrected chi connectivity index (χ0v) is 10.0. The fraction of sp³-hybridized carbons (Fsp3) is 0.500. The van der Waals surface area contributed by atoms with Crippen molar-refractivity contribution in [2.24, 2.45) is 0 Å². The summed E-state index contributed by atoms with van der Waals surface area (Å²) in [6.07, 6.45) is -4.67. The van der Waals surface area contributed by atoms with Crippen LogP contribution in [0.2, 0.25) is 0 Å². The van der Waals surface area contributed by atoms with Crippen LogP contribution in [0.4, 0.5) is 10.2 Å². The van der Waals surface area contributed by atoms with Crippen molar-refractivity contribution in [2.45, 2.75) is 24.5 Å². The predicted octanol–water partition coefficient (Wildman–Crippen LogP) is -1.40. The molecule has 1 aliphatic heterocycles. The molecule has 0 aliphatic carbocycles. The van der Waals surface area contributed by atoms with Crippen molar-refractivity contribution in [1.82, 2.24) is 19.5 Å². The number of fused-ring (bicyclic) bond motifs is 1. The van der Waals surface area contributed by atoms with Gasteiger partial charge in [-0.15, -0.1) is 0 Å². The van der Waals surface area contributed by atoms with Gasteiger partial charge in [-0.25, -0.2) is 10.1 Å². The molecule has 0 aromatic carbocycles. The SMILES string of the molecule is Nc1nc(F)nc2c1ncn2C1OC(C[O])C(O)C1O. The Morgan fingerprint density at radius 3 is 2.80 bits per heavy atom. The van der Waals surface area contributed by atoms with Gasteiger partial charge in [0.1, 0.15) is 24.9 Å². The van der Waals surface area contributed by atoms with Crippen molar-refractivity contribution >= 4 is 17.0 Å². The second-order valence-corrected chi connectivity index (χ2v) is 4.41. The summed E-state index contributed by atoms with van der Waals surface area (Å²) in [6.45, 7) is -0.715. The number of imidazole rings is 1. The Labute approximate surface area is 111 Å². The van der Waals surface area contributed by atoms with E-state index in [2.05, 4.69) is 15.0 Å². The summed E-state index contributed by atoms with van der Waals surface area (Å²) in [4.78, 5) is 10.8. The molecule has 0 amide bonds. The number of aliphatic hydroxyl groups excluding tert-OH is 2. The molecule has 1 aliphatic rings. The van der Waals surface area contributed by atoms with Crippen LogP contribution in [0.5, 0.6) is 0 Å². The summed E-state index contributed by atoms with van der Waals surface area (Å²) in [7, 11) is 0. The molecule has 3 heterocycles. The number of anilines is 1. The molecule has 0 spiro atoms. The third-order valence-corrected chi connectivity index (χ3v) is 3.20. The normalized spacial score (nSPS) is 30.2.